The number of amides is 1. The minimum atomic E-state index is -0.917. The van der Waals surface area contributed by atoms with Crippen molar-refractivity contribution in [3.63, 3.8) is 0 Å². The van der Waals surface area contributed by atoms with Crippen molar-refractivity contribution < 1.29 is 19.1 Å². The minimum Gasteiger partial charge on any atom is -0.480 e. The van der Waals surface area contributed by atoms with Gasteiger partial charge in [0.05, 0.1) is 0 Å². The molecule has 1 aromatic heterocycles. The predicted molar refractivity (Wildman–Crippen MR) is 73.8 cm³/mol. The summed E-state index contributed by atoms with van der Waals surface area (Å²) in [5.74, 6) is -0.370. The number of likely N-dealkylation sites (tertiary alicyclic amines) is 1. The molecule has 1 amide bonds. The van der Waals surface area contributed by atoms with Gasteiger partial charge in [0, 0.05) is 12.5 Å². The molecule has 6 heteroatoms. The van der Waals surface area contributed by atoms with Gasteiger partial charge in [-0.1, -0.05) is 19.8 Å². The Morgan fingerprint density at radius 3 is 2.90 bits per heavy atom. The van der Waals surface area contributed by atoms with Gasteiger partial charge in [-0.2, -0.15) is 0 Å². The van der Waals surface area contributed by atoms with Crippen LogP contribution >= 0.6 is 0 Å². The number of carbonyl (C=O) groups is 2. The Balaban J connectivity index is 1.93. The van der Waals surface area contributed by atoms with Crippen LogP contribution in [0.3, 0.4) is 0 Å². The highest BCUT2D eigenvalue weighted by molar-refractivity contribution is 5.96. The molecular weight excluding hydrogens is 272 g/mol. The van der Waals surface area contributed by atoms with Gasteiger partial charge in [0.1, 0.15) is 11.8 Å². The van der Waals surface area contributed by atoms with E-state index in [4.69, 9.17) is 4.42 Å². The van der Waals surface area contributed by atoms with Gasteiger partial charge in [0.25, 0.3) is 5.91 Å². The Labute approximate surface area is 123 Å². The van der Waals surface area contributed by atoms with Crippen molar-refractivity contribution in [3.8, 4) is 0 Å². The van der Waals surface area contributed by atoms with Crippen LogP contribution in [-0.2, 0) is 11.2 Å². The molecule has 2 heterocycles. The molecule has 3 rings (SSSR count). The fourth-order valence-corrected chi connectivity index (χ4v) is 3.79. The van der Waals surface area contributed by atoms with E-state index in [1.54, 1.807) is 4.90 Å². The molecule has 114 valence electrons. The molecule has 3 atom stereocenters. The Morgan fingerprint density at radius 1 is 1.43 bits per heavy atom. The summed E-state index contributed by atoms with van der Waals surface area (Å²) >= 11 is 0. The molecule has 0 radical (unpaired) electrons. The maximum absolute atomic E-state index is 12.8. The fourth-order valence-electron chi connectivity index (χ4n) is 3.79. The van der Waals surface area contributed by atoms with E-state index in [1.807, 2.05) is 6.92 Å². The standard InChI is InChI=1S/C15H20N2O4/c1-2-12-13(16-8-21-12)14(18)17-10-6-4-3-5-9(10)7-11(17)15(19)20/h8-11H,2-7H2,1H3,(H,19,20). The zero-order chi connectivity index (χ0) is 15.0. The quantitative estimate of drug-likeness (QED) is 0.922. The largest absolute Gasteiger partial charge is 0.480 e. The summed E-state index contributed by atoms with van der Waals surface area (Å²) < 4.78 is 5.22. The van der Waals surface area contributed by atoms with Gasteiger partial charge >= 0.3 is 5.97 Å². The SMILES string of the molecule is CCc1ocnc1C(=O)N1C(C(=O)O)CC2CCCCC21. The zero-order valence-corrected chi connectivity index (χ0v) is 12.1. The highest BCUT2D eigenvalue weighted by Gasteiger charge is 2.48. The van der Waals surface area contributed by atoms with Crippen LogP contribution in [0.2, 0.25) is 0 Å². The van der Waals surface area contributed by atoms with E-state index in [-0.39, 0.29) is 17.6 Å². The van der Waals surface area contributed by atoms with Crippen LogP contribution in [0.1, 0.15) is 55.3 Å². The lowest BCUT2D eigenvalue weighted by molar-refractivity contribution is -0.141. The number of carboxylic acids is 1. The van der Waals surface area contributed by atoms with Gasteiger partial charge in [-0.3, -0.25) is 4.79 Å². The van der Waals surface area contributed by atoms with Crippen molar-refractivity contribution in [2.45, 2.75) is 57.5 Å². The topological polar surface area (TPSA) is 83.6 Å². The molecule has 6 nitrogen and oxygen atoms in total. The highest BCUT2D eigenvalue weighted by Crippen LogP contribution is 2.40. The minimum absolute atomic E-state index is 0.0359. The smallest absolute Gasteiger partial charge is 0.326 e. The van der Waals surface area contributed by atoms with Crippen LogP contribution in [0, 0.1) is 5.92 Å². The summed E-state index contributed by atoms with van der Waals surface area (Å²) in [5, 5.41) is 9.47. The lowest BCUT2D eigenvalue weighted by Crippen LogP contribution is -2.46. The Morgan fingerprint density at radius 2 is 2.19 bits per heavy atom. The van der Waals surface area contributed by atoms with Crippen LogP contribution in [-0.4, -0.2) is 39.0 Å². The molecule has 2 aliphatic rings. The van der Waals surface area contributed by atoms with Crippen LogP contribution in [0.25, 0.3) is 0 Å². The van der Waals surface area contributed by atoms with E-state index in [1.165, 1.54) is 6.39 Å². The van der Waals surface area contributed by atoms with Crippen LogP contribution in [0.5, 0.6) is 0 Å². The molecule has 1 N–H and O–H groups in total. The number of rotatable bonds is 3. The number of carboxylic acid groups (broad SMARTS) is 1. The van der Waals surface area contributed by atoms with Crippen molar-refractivity contribution in [1.29, 1.82) is 0 Å². The van der Waals surface area contributed by atoms with Crippen LogP contribution < -0.4 is 0 Å². The average Bonchev–Trinajstić information content (AvgIpc) is 3.10. The fraction of sp³-hybridized carbons (Fsp3) is 0.667. The summed E-state index contributed by atoms with van der Waals surface area (Å²) in [6.07, 6.45) is 6.47. The molecule has 0 spiro atoms. The summed E-state index contributed by atoms with van der Waals surface area (Å²) in [4.78, 5) is 29.9. The van der Waals surface area contributed by atoms with Crippen LogP contribution in [0.4, 0.5) is 0 Å². The monoisotopic (exact) mass is 292 g/mol. The maximum atomic E-state index is 12.8. The number of carbonyl (C=O) groups excluding carboxylic acids is 1. The second kappa shape index (κ2) is 5.50. The lowest BCUT2D eigenvalue weighted by Gasteiger charge is -2.32. The average molecular weight is 292 g/mol. The predicted octanol–water partition coefficient (Wildman–Crippen LogP) is 2.09. The summed E-state index contributed by atoms with van der Waals surface area (Å²) in [6, 6.07) is -0.694. The van der Waals surface area contributed by atoms with E-state index in [0.29, 0.717) is 24.5 Å². The summed E-state index contributed by atoms with van der Waals surface area (Å²) in [6.45, 7) is 1.89. The van der Waals surface area contributed by atoms with Gasteiger partial charge in [-0.25, -0.2) is 9.78 Å². The van der Waals surface area contributed by atoms with Gasteiger partial charge in [0.2, 0.25) is 0 Å². The number of hydrogen-bond donors (Lipinski definition) is 1. The third-order valence-electron chi connectivity index (χ3n) is 4.77. The summed E-state index contributed by atoms with van der Waals surface area (Å²) in [5.41, 5.74) is 0.273. The molecule has 0 aromatic carbocycles. The van der Waals surface area contributed by atoms with E-state index < -0.39 is 12.0 Å². The van der Waals surface area contributed by atoms with Gasteiger partial charge in [-0.05, 0) is 25.2 Å². The highest BCUT2D eigenvalue weighted by atomic mass is 16.4. The molecule has 1 aliphatic heterocycles. The maximum Gasteiger partial charge on any atom is 0.326 e. The number of aromatic nitrogens is 1. The first-order valence-electron chi connectivity index (χ1n) is 7.61. The van der Waals surface area contributed by atoms with Crippen LogP contribution in [0.15, 0.2) is 10.8 Å². The van der Waals surface area contributed by atoms with Gasteiger partial charge in [-0.15, -0.1) is 0 Å². The molecule has 3 unspecified atom stereocenters. The van der Waals surface area contributed by atoms with Gasteiger partial charge in [0.15, 0.2) is 12.1 Å². The summed E-state index contributed by atoms with van der Waals surface area (Å²) in [7, 11) is 0. The number of aryl methyl sites for hydroxylation is 1. The molecule has 1 aliphatic carbocycles. The zero-order valence-electron chi connectivity index (χ0n) is 12.1. The molecule has 21 heavy (non-hydrogen) atoms. The van der Waals surface area contributed by atoms with E-state index in [9.17, 15) is 14.7 Å². The number of nitrogens with zero attached hydrogens (tertiary/aromatic N) is 2. The first kappa shape index (κ1) is 14.1. The molecular formula is C15H20N2O4. The molecule has 2 fully saturated rings. The number of hydrogen-bond acceptors (Lipinski definition) is 4. The number of aliphatic carboxylic acids is 1. The number of oxazole rings is 1. The molecule has 0 bridgehead atoms. The van der Waals surface area contributed by atoms with E-state index in [0.717, 1.165) is 25.7 Å². The first-order valence-corrected chi connectivity index (χ1v) is 7.61. The molecule has 1 aromatic rings. The van der Waals surface area contributed by atoms with Crippen molar-refractivity contribution in [3.05, 3.63) is 17.8 Å². The lowest BCUT2D eigenvalue weighted by atomic mass is 9.84. The van der Waals surface area contributed by atoms with E-state index in [2.05, 4.69) is 4.98 Å². The normalized spacial score (nSPS) is 28.4. The second-order valence-corrected chi connectivity index (χ2v) is 5.89. The van der Waals surface area contributed by atoms with Crippen molar-refractivity contribution >= 4 is 11.9 Å². The Kier molecular flexibility index (Phi) is 3.69. The second-order valence-electron chi connectivity index (χ2n) is 5.89. The third-order valence-corrected chi connectivity index (χ3v) is 4.77. The van der Waals surface area contributed by atoms with Crippen molar-refractivity contribution in [1.82, 2.24) is 9.88 Å². The first-order chi connectivity index (χ1) is 10.1. The van der Waals surface area contributed by atoms with Crippen molar-refractivity contribution in [2.75, 3.05) is 0 Å². The third kappa shape index (κ3) is 2.32. The van der Waals surface area contributed by atoms with Crippen molar-refractivity contribution in [2.24, 2.45) is 5.92 Å². The molecule has 1 saturated heterocycles. The van der Waals surface area contributed by atoms with Gasteiger partial charge < -0.3 is 14.4 Å². The Bertz CT molecular complexity index is 554. The molecule has 1 saturated carbocycles. The van der Waals surface area contributed by atoms with E-state index >= 15 is 0 Å². The Hall–Kier alpha value is -1.85. The number of fused-ring (bicyclic) bond motifs is 1.